The molecule has 7 nitrogen and oxygen atoms in total. The molecule has 0 atom stereocenters. The van der Waals surface area contributed by atoms with Gasteiger partial charge in [0, 0.05) is 18.0 Å². The summed E-state index contributed by atoms with van der Waals surface area (Å²) in [6, 6.07) is 8.28. The fourth-order valence-corrected chi connectivity index (χ4v) is 4.69. The van der Waals surface area contributed by atoms with E-state index in [9.17, 15) is 14.4 Å². The highest BCUT2D eigenvalue weighted by molar-refractivity contribution is 7.24. The van der Waals surface area contributed by atoms with Gasteiger partial charge in [-0.05, 0) is 29.7 Å². The maximum absolute atomic E-state index is 12.5. The lowest BCUT2D eigenvalue weighted by atomic mass is 10.0. The van der Waals surface area contributed by atoms with E-state index in [2.05, 4.69) is 24.5 Å². The van der Waals surface area contributed by atoms with Crippen molar-refractivity contribution in [3.05, 3.63) is 51.5 Å². The van der Waals surface area contributed by atoms with E-state index in [1.165, 1.54) is 13.0 Å². The third-order valence-electron chi connectivity index (χ3n) is 4.39. The maximum Gasteiger partial charge on any atom is 0.324 e. The van der Waals surface area contributed by atoms with Crippen LogP contribution >= 0.6 is 34.5 Å². The van der Waals surface area contributed by atoms with E-state index in [0.717, 1.165) is 16.9 Å². The smallest absolute Gasteiger partial charge is 0.324 e. The molecule has 0 aliphatic rings. The first kappa shape index (κ1) is 22.9. The number of fused-ring (bicyclic) bond motifs is 1. The van der Waals surface area contributed by atoms with Gasteiger partial charge < -0.3 is 15.8 Å². The summed E-state index contributed by atoms with van der Waals surface area (Å²) in [6.45, 7) is 5.36. The molecule has 1 aromatic heterocycles. The molecule has 10 heteroatoms. The van der Waals surface area contributed by atoms with Gasteiger partial charge in [0.15, 0.2) is 5.75 Å². The first-order valence-electron chi connectivity index (χ1n) is 9.19. The van der Waals surface area contributed by atoms with Crippen LogP contribution in [0.1, 0.15) is 42.6 Å². The number of thiophene rings is 1. The monoisotopic (exact) mass is 479 g/mol. The molecule has 3 amide bonds. The molecule has 0 unspecified atom stereocenters. The summed E-state index contributed by atoms with van der Waals surface area (Å²) >= 11 is 13.6. The number of hydrogen-bond donors (Lipinski definition) is 3. The van der Waals surface area contributed by atoms with Crippen molar-refractivity contribution in [2.45, 2.75) is 26.7 Å². The van der Waals surface area contributed by atoms with Gasteiger partial charge in [0.25, 0.3) is 5.91 Å². The van der Waals surface area contributed by atoms with Gasteiger partial charge in [-0.1, -0.05) is 49.2 Å². The molecule has 1 heterocycles. The van der Waals surface area contributed by atoms with E-state index in [1.807, 2.05) is 12.1 Å². The minimum absolute atomic E-state index is 0.0261. The second-order valence-corrected chi connectivity index (χ2v) is 8.80. The molecule has 0 spiro atoms. The van der Waals surface area contributed by atoms with E-state index in [1.54, 1.807) is 12.1 Å². The number of anilines is 2. The highest BCUT2D eigenvalue weighted by Gasteiger charge is 2.24. The van der Waals surface area contributed by atoms with Gasteiger partial charge in [0.05, 0.1) is 15.3 Å². The Morgan fingerprint density at radius 3 is 2.29 bits per heavy atom. The highest BCUT2D eigenvalue weighted by Crippen LogP contribution is 2.46. The van der Waals surface area contributed by atoms with Gasteiger partial charge in [-0.25, -0.2) is 4.79 Å². The Morgan fingerprint density at radius 1 is 1.10 bits per heavy atom. The van der Waals surface area contributed by atoms with E-state index < -0.39 is 17.9 Å². The Morgan fingerprint density at radius 2 is 1.74 bits per heavy atom. The van der Waals surface area contributed by atoms with E-state index in [0.29, 0.717) is 21.7 Å². The van der Waals surface area contributed by atoms with E-state index in [-0.39, 0.29) is 26.4 Å². The molecule has 0 fully saturated rings. The third kappa shape index (κ3) is 4.92. The Bertz CT molecular complexity index is 1190. The summed E-state index contributed by atoms with van der Waals surface area (Å²) in [6.07, 6.45) is 0. The normalized spacial score (nSPS) is 10.9. The quantitative estimate of drug-likeness (QED) is 0.307. The molecule has 0 aliphatic carbocycles. The summed E-state index contributed by atoms with van der Waals surface area (Å²) in [5, 5.41) is 5.96. The molecule has 0 bridgehead atoms. The zero-order chi connectivity index (χ0) is 22.9. The first-order valence-corrected chi connectivity index (χ1v) is 10.8. The number of esters is 1. The number of rotatable bonds is 5. The maximum atomic E-state index is 12.5. The fourth-order valence-electron chi connectivity index (χ4n) is 2.93. The van der Waals surface area contributed by atoms with Crippen molar-refractivity contribution >= 4 is 73.2 Å². The minimum atomic E-state index is -0.768. The Balaban J connectivity index is 1.94. The average molecular weight is 480 g/mol. The van der Waals surface area contributed by atoms with Crippen LogP contribution < -0.4 is 21.1 Å². The molecule has 2 aromatic carbocycles. The summed E-state index contributed by atoms with van der Waals surface area (Å²) in [5.41, 5.74) is 7.33. The van der Waals surface area contributed by atoms with Gasteiger partial charge in [-0.2, -0.15) is 0 Å². The molecule has 3 aromatic rings. The van der Waals surface area contributed by atoms with Gasteiger partial charge in [-0.3, -0.25) is 14.9 Å². The van der Waals surface area contributed by atoms with Gasteiger partial charge in [0.1, 0.15) is 10.0 Å². The number of carbonyl (C=O) groups excluding carboxylic acids is 3. The number of hydrogen-bond acceptors (Lipinski definition) is 5. The number of halogens is 2. The van der Waals surface area contributed by atoms with Crippen LogP contribution in [-0.2, 0) is 4.79 Å². The van der Waals surface area contributed by atoms with Crippen LogP contribution in [0.2, 0.25) is 10.0 Å². The molecule has 0 saturated carbocycles. The zero-order valence-electron chi connectivity index (χ0n) is 16.8. The van der Waals surface area contributed by atoms with Crippen molar-refractivity contribution < 1.29 is 19.1 Å². The van der Waals surface area contributed by atoms with Crippen LogP contribution in [0.4, 0.5) is 15.5 Å². The number of primary amides is 1. The summed E-state index contributed by atoms with van der Waals surface area (Å²) in [4.78, 5) is 36.0. The fraction of sp³-hybridized carbons (Fsp3) is 0.190. The second-order valence-electron chi connectivity index (χ2n) is 7.00. The number of nitrogens with one attached hydrogen (secondary N) is 2. The lowest BCUT2D eigenvalue weighted by Gasteiger charge is -2.09. The van der Waals surface area contributed by atoms with Crippen LogP contribution in [0, 0.1) is 0 Å². The SMILES string of the molecule is CC(=O)Oc1c(Cl)cc2c(C(N)=O)c(NC(=O)Nc3ccc(C(C)C)cc3)sc2c1Cl. The molecular weight excluding hydrogens is 461 g/mol. The Hall–Kier alpha value is -2.81. The van der Waals surface area contributed by atoms with Crippen LogP contribution in [-0.4, -0.2) is 17.9 Å². The van der Waals surface area contributed by atoms with Crippen molar-refractivity contribution in [3.63, 3.8) is 0 Å². The Labute approximate surface area is 192 Å². The van der Waals surface area contributed by atoms with Crippen molar-refractivity contribution in [1.82, 2.24) is 0 Å². The van der Waals surface area contributed by atoms with Crippen LogP contribution in [0.25, 0.3) is 10.1 Å². The van der Waals surface area contributed by atoms with E-state index in [4.69, 9.17) is 33.7 Å². The average Bonchev–Trinajstić information content (AvgIpc) is 3.03. The molecule has 4 N–H and O–H groups in total. The Kier molecular flexibility index (Phi) is 6.74. The minimum Gasteiger partial charge on any atom is -0.423 e. The predicted octanol–water partition coefficient (Wildman–Crippen LogP) is 6.00. The molecule has 162 valence electrons. The van der Waals surface area contributed by atoms with Crippen molar-refractivity contribution in [2.75, 3.05) is 10.6 Å². The highest BCUT2D eigenvalue weighted by atomic mass is 35.5. The number of amides is 3. The second kappa shape index (κ2) is 9.13. The van der Waals surface area contributed by atoms with E-state index >= 15 is 0 Å². The number of nitrogens with two attached hydrogens (primary N) is 1. The van der Waals surface area contributed by atoms with Crippen LogP contribution in [0.15, 0.2) is 30.3 Å². The summed E-state index contributed by atoms with van der Waals surface area (Å²) in [5.74, 6) is -1.03. The topological polar surface area (TPSA) is 111 Å². The van der Waals surface area contributed by atoms with Crippen LogP contribution in [0.3, 0.4) is 0 Å². The summed E-state index contributed by atoms with van der Waals surface area (Å²) in [7, 11) is 0. The molecule has 3 rings (SSSR count). The lowest BCUT2D eigenvalue weighted by molar-refractivity contribution is -0.131. The van der Waals surface area contributed by atoms with Gasteiger partial charge in [-0.15, -0.1) is 11.3 Å². The molecule has 0 saturated heterocycles. The summed E-state index contributed by atoms with van der Waals surface area (Å²) < 4.78 is 5.46. The zero-order valence-corrected chi connectivity index (χ0v) is 19.2. The lowest BCUT2D eigenvalue weighted by Crippen LogP contribution is -2.21. The third-order valence-corrected chi connectivity index (χ3v) is 6.28. The van der Waals surface area contributed by atoms with Crippen molar-refractivity contribution in [1.29, 1.82) is 0 Å². The number of urea groups is 1. The van der Waals surface area contributed by atoms with Crippen molar-refractivity contribution in [3.8, 4) is 5.75 Å². The standard InChI is InChI=1S/C21H19Cl2N3O4S/c1-9(2)11-4-6-12(7-5-11)25-21(29)26-20-15(19(24)28)13-8-14(22)17(30-10(3)27)16(23)18(13)31-20/h4-9H,1-3H3,(H2,24,28)(H2,25,26,29). The first-order chi connectivity index (χ1) is 14.6. The number of carbonyl (C=O) groups is 3. The number of ether oxygens (including phenoxy) is 1. The molecule has 31 heavy (non-hydrogen) atoms. The molecule has 0 aliphatic heterocycles. The van der Waals surface area contributed by atoms with Crippen LogP contribution in [0.5, 0.6) is 5.75 Å². The number of benzene rings is 2. The van der Waals surface area contributed by atoms with Gasteiger partial charge in [0.2, 0.25) is 0 Å². The molecular formula is C21H19Cl2N3O4S. The molecule has 0 radical (unpaired) electrons. The predicted molar refractivity (Wildman–Crippen MR) is 125 cm³/mol. The van der Waals surface area contributed by atoms with Crippen molar-refractivity contribution in [2.24, 2.45) is 5.73 Å². The largest absolute Gasteiger partial charge is 0.423 e. The van der Waals surface area contributed by atoms with Gasteiger partial charge >= 0.3 is 12.0 Å².